The van der Waals surface area contributed by atoms with E-state index in [-0.39, 0.29) is 5.15 Å². The number of amides is 1. The number of hydrogen-bond donors (Lipinski definition) is 0. The third-order valence-corrected chi connectivity index (χ3v) is 3.17. The highest BCUT2D eigenvalue weighted by Crippen LogP contribution is 2.20. The van der Waals surface area contributed by atoms with Crippen molar-refractivity contribution in [3.63, 3.8) is 0 Å². The maximum Gasteiger partial charge on any atom is 0.227 e. The van der Waals surface area contributed by atoms with Crippen molar-refractivity contribution in [2.45, 2.75) is 6.92 Å². The van der Waals surface area contributed by atoms with Crippen LogP contribution in [0.25, 0.3) is 0 Å². The monoisotopic (exact) mass is 265 g/mol. The Morgan fingerprint density at radius 3 is 2.50 bits per heavy atom. The largest absolute Gasteiger partial charge is 0.342 e. The van der Waals surface area contributed by atoms with Crippen molar-refractivity contribution in [2.24, 2.45) is 0 Å². The highest BCUT2D eigenvalue weighted by Gasteiger charge is 2.19. The second kappa shape index (κ2) is 5.19. The van der Waals surface area contributed by atoms with Crippen LogP contribution in [0, 0.1) is 18.3 Å². The second-order valence-corrected chi connectivity index (χ2v) is 4.37. The summed E-state index contributed by atoms with van der Waals surface area (Å²) in [4.78, 5) is 22.7. The normalized spacial score (nSPS) is 15.4. The zero-order valence-electron chi connectivity index (χ0n) is 9.93. The minimum atomic E-state index is 0.179. The second-order valence-electron chi connectivity index (χ2n) is 4.02. The highest BCUT2D eigenvalue weighted by molar-refractivity contribution is 6.30. The van der Waals surface area contributed by atoms with Crippen LogP contribution in [0.5, 0.6) is 0 Å². The first-order chi connectivity index (χ1) is 8.65. The Morgan fingerprint density at radius 2 is 2.00 bits per heavy atom. The fourth-order valence-electron chi connectivity index (χ4n) is 1.82. The fourth-order valence-corrected chi connectivity index (χ4v) is 2.07. The topological polar surface area (TPSA) is 73.1 Å². The number of nitrogens with zero attached hydrogens (tertiary/aromatic N) is 5. The van der Waals surface area contributed by atoms with Gasteiger partial charge in [0.1, 0.15) is 11.6 Å². The Morgan fingerprint density at radius 1 is 1.33 bits per heavy atom. The first-order valence-corrected chi connectivity index (χ1v) is 5.92. The van der Waals surface area contributed by atoms with E-state index in [1.807, 2.05) is 11.0 Å². The van der Waals surface area contributed by atoms with Crippen LogP contribution in [-0.2, 0) is 4.79 Å². The molecule has 1 fully saturated rings. The zero-order chi connectivity index (χ0) is 13.1. The van der Waals surface area contributed by atoms with Crippen LogP contribution >= 0.6 is 11.6 Å². The highest BCUT2D eigenvalue weighted by atomic mass is 35.5. The fraction of sp³-hybridized carbons (Fsp3) is 0.455. The number of rotatable bonds is 2. The number of nitriles is 1. The van der Waals surface area contributed by atoms with Crippen molar-refractivity contribution in [2.75, 3.05) is 31.1 Å². The summed E-state index contributed by atoms with van der Waals surface area (Å²) < 4.78 is 0. The van der Waals surface area contributed by atoms with Gasteiger partial charge in [-0.3, -0.25) is 4.79 Å². The van der Waals surface area contributed by atoms with E-state index in [2.05, 4.69) is 9.97 Å². The van der Waals surface area contributed by atoms with Gasteiger partial charge in [0.25, 0.3) is 0 Å². The average molecular weight is 266 g/mol. The van der Waals surface area contributed by atoms with Gasteiger partial charge in [-0.15, -0.1) is 0 Å². The molecule has 7 heteroatoms. The molecule has 2 rings (SSSR count). The molecule has 1 aromatic rings. The first kappa shape index (κ1) is 12.6. The summed E-state index contributed by atoms with van der Waals surface area (Å²) in [5.41, 5.74) is 0.886. The van der Waals surface area contributed by atoms with Crippen LogP contribution in [0.15, 0.2) is 0 Å². The molecule has 2 heterocycles. The lowest BCUT2D eigenvalue weighted by Crippen LogP contribution is -2.46. The van der Waals surface area contributed by atoms with Gasteiger partial charge in [0.05, 0.1) is 5.69 Å². The van der Waals surface area contributed by atoms with Gasteiger partial charge in [-0.05, 0) is 6.92 Å². The van der Waals surface area contributed by atoms with Crippen LogP contribution in [0.2, 0.25) is 5.15 Å². The molecule has 0 unspecified atom stereocenters. The molecule has 1 aromatic heterocycles. The van der Waals surface area contributed by atoms with E-state index in [4.69, 9.17) is 16.9 Å². The molecular formula is C11H12ClN5O. The van der Waals surface area contributed by atoms with Crippen LogP contribution in [-0.4, -0.2) is 47.5 Å². The number of piperazine rings is 1. The molecule has 0 N–H and O–H groups in total. The lowest BCUT2D eigenvalue weighted by molar-refractivity contribution is -0.118. The Hall–Kier alpha value is -1.87. The Bertz CT molecular complexity index is 482. The third kappa shape index (κ3) is 2.36. The maximum atomic E-state index is 10.6. The van der Waals surface area contributed by atoms with Gasteiger partial charge in [0.15, 0.2) is 5.15 Å². The van der Waals surface area contributed by atoms with Crippen molar-refractivity contribution in [1.82, 2.24) is 14.9 Å². The molecular weight excluding hydrogens is 254 g/mol. The van der Waals surface area contributed by atoms with Crippen LogP contribution in [0.3, 0.4) is 0 Å². The third-order valence-electron chi connectivity index (χ3n) is 2.89. The predicted molar refractivity (Wildman–Crippen MR) is 66.3 cm³/mol. The molecule has 18 heavy (non-hydrogen) atoms. The van der Waals surface area contributed by atoms with Gasteiger partial charge in [-0.1, -0.05) is 11.6 Å². The molecule has 6 nitrogen and oxygen atoms in total. The van der Waals surface area contributed by atoms with Crippen molar-refractivity contribution < 1.29 is 4.79 Å². The molecule has 0 spiro atoms. The molecule has 0 radical (unpaired) electrons. The smallest absolute Gasteiger partial charge is 0.227 e. The summed E-state index contributed by atoms with van der Waals surface area (Å²) in [5.74, 6) is 0.516. The Labute approximate surface area is 110 Å². The van der Waals surface area contributed by atoms with Gasteiger partial charge in [-0.2, -0.15) is 10.2 Å². The summed E-state index contributed by atoms with van der Waals surface area (Å²) >= 11 is 5.94. The van der Waals surface area contributed by atoms with E-state index >= 15 is 0 Å². The van der Waals surface area contributed by atoms with Gasteiger partial charge >= 0.3 is 0 Å². The summed E-state index contributed by atoms with van der Waals surface area (Å²) in [7, 11) is 0. The van der Waals surface area contributed by atoms with E-state index in [9.17, 15) is 4.79 Å². The first-order valence-electron chi connectivity index (χ1n) is 5.54. The number of aromatic nitrogens is 2. The standard InChI is InChI=1S/C11H12ClN5O/c1-8-9(6-13)10(12)15-11(14-8)17-4-2-16(7-18)3-5-17/h7H,2-5H2,1H3. The molecule has 1 aliphatic heterocycles. The number of carbonyl (C=O) groups excluding carboxylic acids is 1. The number of anilines is 1. The lowest BCUT2D eigenvalue weighted by atomic mass is 10.2. The van der Waals surface area contributed by atoms with Crippen LogP contribution < -0.4 is 4.90 Å². The molecule has 0 saturated carbocycles. The molecule has 0 bridgehead atoms. The molecule has 1 aliphatic rings. The molecule has 0 atom stereocenters. The Kier molecular flexibility index (Phi) is 3.63. The van der Waals surface area contributed by atoms with E-state index in [0.717, 1.165) is 6.41 Å². The summed E-state index contributed by atoms with van der Waals surface area (Å²) in [6.45, 7) is 4.35. The molecule has 94 valence electrons. The van der Waals surface area contributed by atoms with E-state index < -0.39 is 0 Å². The van der Waals surface area contributed by atoms with Crippen molar-refractivity contribution in [3.05, 3.63) is 16.4 Å². The van der Waals surface area contributed by atoms with Gasteiger partial charge < -0.3 is 9.80 Å². The molecule has 0 aromatic carbocycles. The summed E-state index contributed by atoms with van der Waals surface area (Å²) in [5, 5.41) is 9.07. The lowest BCUT2D eigenvalue weighted by Gasteiger charge is -2.32. The number of hydrogen-bond acceptors (Lipinski definition) is 5. The molecule has 1 amide bonds. The van der Waals surface area contributed by atoms with Crippen molar-refractivity contribution in [1.29, 1.82) is 5.26 Å². The SMILES string of the molecule is Cc1nc(N2CCN(C=O)CC2)nc(Cl)c1C#N. The zero-order valence-corrected chi connectivity index (χ0v) is 10.7. The average Bonchev–Trinajstić information content (AvgIpc) is 2.38. The quantitative estimate of drug-likeness (QED) is 0.578. The van der Waals surface area contributed by atoms with Gasteiger partial charge in [0, 0.05) is 26.2 Å². The van der Waals surface area contributed by atoms with Crippen molar-refractivity contribution >= 4 is 24.0 Å². The van der Waals surface area contributed by atoms with Gasteiger partial charge in [-0.25, -0.2) is 4.98 Å². The van der Waals surface area contributed by atoms with Crippen LogP contribution in [0.1, 0.15) is 11.3 Å². The number of halogens is 1. The van der Waals surface area contributed by atoms with Crippen LogP contribution in [0.4, 0.5) is 5.95 Å². The van der Waals surface area contributed by atoms with E-state index in [1.165, 1.54) is 0 Å². The summed E-state index contributed by atoms with van der Waals surface area (Å²) in [6.07, 6.45) is 0.842. The van der Waals surface area contributed by atoms with Gasteiger partial charge in [0.2, 0.25) is 12.4 Å². The molecule has 1 saturated heterocycles. The maximum absolute atomic E-state index is 10.6. The van der Waals surface area contributed by atoms with E-state index in [1.54, 1.807) is 11.8 Å². The summed E-state index contributed by atoms with van der Waals surface area (Å²) in [6, 6.07) is 1.98. The predicted octanol–water partition coefficient (Wildman–Crippen LogP) is 0.588. The minimum absolute atomic E-state index is 0.179. The Balaban J connectivity index is 2.20. The number of aryl methyl sites for hydroxylation is 1. The molecule has 0 aliphatic carbocycles. The number of carbonyl (C=O) groups is 1. The minimum Gasteiger partial charge on any atom is -0.342 e. The van der Waals surface area contributed by atoms with Crippen molar-refractivity contribution in [3.8, 4) is 6.07 Å². The van der Waals surface area contributed by atoms with E-state index in [0.29, 0.717) is 43.4 Å².